The summed E-state index contributed by atoms with van der Waals surface area (Å²) in [5.41, 5.74) is 7.59. The summed E-state index contributed by atoms with van der Waals surface area (Å²) in [7, 11) is -3.14. The molecule has 0 bridgehead atoms. The molecule has 0 spiro atoms. The molecule has 13 heavy (non-hydrogen) atoms. The first-order valence-electron chi connectivity index (χ1n) is 3.89. The van der Waals surface area contributed by atoms with Crippen LogP contribution < -0.4 is 5.73 Å². The number of aryl methyl sites for hydroxylation is 2. The number of anilines is 1. The third-order valence-electron chi connectivity index (χ3n) is 1.85. The maximum atomic E-state index is 11.3. The van der Waals surface area contributed by atoms with Crippen molar-refractivity contribution in [2.75, 3.05) is 12.0 Å². The zero-order chi connectivity index (χ0) is 10.2. The Morgan fingerprint density at radius 3 is 1.85 bits per heavy atom. The van der Waals surface area contributed by atoms with Gasteiger partial charge in [0.1, 0.15) is 0 Å². The fourth-order valence-electron chi connectivity index (χ4n) is 1.57. The van der Waals surface area contributed by atoms with Gasteiger partial charge in [-0.25, -0.2) is 8.42 Å². The number of nitrogen functional groups attached to an aromatic ring is 1. The minimum absolute atomic E-state index is 0.390. The van der Waals surface area contributed by atoms with Gasteiger partial charge in [-0.2, -0.15) is 0 Å². The van der Waals surface area contributed by atoms with Crippen LogP contribution in [0.25, 0.3) is 0 Å². The highest BCUT2D eigenvalue weighted by Crippen LogP contribution is 2.22. The number of rotatable bonds is 1. The van der Waals surface area contributed by atoms with Gasteiger partial charge in [0.25, 0.3) is 0 Å². The molecule has 3 nitrogen and oxygen atoms in total. The van der Waals surface area contributed by atoms with Gasteiger partial charge in [0.05, 0.1) is 4.90 Å². The summed E-state index contributed by atoms with van der Waals surface area (Å²) in [5.74, 6) is 0. The zero-order valence-corrected chi connectivity index (χ0v) is 8.77. The minimum Gasteiger partial charge on any atom is -0.399 e. The van der Waals surface area contributed by atoms with E-state index in [0.29, 0.717) is 21.7 Å². The molecule has 0 aliphatic heterocycles. The normalized spacial score (nSPS) is 11.6. The zero-order valence-electron chi connectivity index (χ0n) is 7.96. The van der Waals surface area contributed by atoms with Gasteiger partial charge in [0, 0.05) is 11.9 Å². The molecule has 0 radical (unpaired) electrons. The maximum Gasteiger partial charge on any atom is 0.176 e. The Balaban J connectivity index is 3.57. The first-order valence-corrected chi connectivity index (χ1v) is 5.78. The highest BCUT2D eigenvalue weighted by atomic mass is 32.2. The standard InChI is InChI=1S/C9H13NO2S/c1-6-4-8(10)5-7(2)9(6)13(3,11)12/h4-5H,10H2,1-3H3. The van der Waals surface area contributed by atoms with Gasteiger partial charge in [-0.05, 0) is 37.1 Å². The van der Waals surface area contributed by atoms with E-state index in [1.807, 2.05) is 0 Å². The molecule has 0 aliphatic carbocycles. The van der Waals surface area contributed by atoms with E-state index in [1.54, 1.807) is 26.0 Å². The number of hydrogen-bond acceptors (Lipinski definition) is 3. The highest BCUT2D eigenvalue weighted by Gasteiger charge is 2.13. The Kier molecular flexibility index (Phi) is 2.34. The minimum atomic E-state index is -3.14. The van der Waals surface area contributed by atoms with Crippen molar-refractivity contribution in [2.24, 2.45) is 0 Å². The Labute approximate surface area is 78.5 Å². The van der Waals surface area contributed by atoms with Crippen LogP contribution in [0.2, 0.25) is 0 Å². The van der Waals surface area contributed by atoms with Crippen molar-refractivity contribution >= 4 is 15.5 Å². The average Bonchev–Trinajstić information content (AvgIpc) is 1.78. The molecule has 0 saturated carbocycles. The predicted octanol–water partition coefficient (Wildman–Crippen LogP) is 1.29. The number of hydrogen-bond donors (Lipinski definition) is 1. The molecular formula is C9H13NO2S. The lowest BCUT2D eigenvalue weighted by molar-refractivity contribution is 0.600. The van der Waals surface area contributed by atoms with Gasteiger partial charge in [-0.3, -0.25) is 0 Å². The third-order valence-corrected chi connectivity index (χ3v) is 3.24. The Hall–Kier alpha value is -1.03. The van der Waals surface area contributed by atoms with E-state index in [9.17, 15) is 8.42 Å². The van der Waals surface area contributed by atoms with Gasteiger partial charge in [0.15, 0.2) is 9.84 Å². The lowest BCUT2D eigenvalue weighted by atomic mass is 10.1. The largest absolute Gasteiger partial charge is 0.399 e. The average molecular weight is 199 g/mol. The van der Waals surface area contributed by atoms with Gasteiger partial charge >= 0.3 is 0 Å². The third kappa shape index (κ3) is 2.01. The van der Waals surface area contributed by atoms with Crippen molar-refractivity contribution < 1.29 is 8.42 Å². The van der Waals surface area contributed by atoms with E-state index in [4.69, 9.17) is 5.73 Å². The molecule has 1 aromatic rings. The van der Waals surface area contributed by atoms with Crippen molar-refractivity contribution in [3.8, 4) is 0 Å². The first kappa shape index (κ1) is 10.1. The van der Waals surface area contributed by atoms with E-state index < -0.39 is 9.84 Å². The molecule has 0 saturated heterocycles. The summed E-state index contributed by atoms with van der Waals surface area (Å²) in [5, 5.41) is 0. The number of benzene rings is 1. The number of sulfone groups is 1. The van der Waals surface area contributed by atoms with Crippen molar-refractivity contribution in [1.29, 1.82) is 0 Å². The topological polar surface area (TPSA) is 60.2 Å². The summed E-state index contributed by atoms with van der Waals surface area (Å²) in [6.45, 7) is 3.50. The molecule has 1 aromatic carbocycles. The lowest BCUT2D eigenvalue weighted by Crippen LogP contribution is -2.04. The van der Waals surface area contributed by atoms with E-state index in [0.717, 1.165) is 0 Å². The molecule has 0 atom stereocenters. The van der Waals surface area contributed by atoms with Crippen molar-refractivity contribution in [3.05, 3.63) is 23.3 Å². The molecule has 0 aliphatic rings. The van der Waals surface area contributed by atoms with Crippen LogP contribution >= 0.6 is 0 Å². The molecule has 0 aromatic heterocycles. The van der Waals surface area contributed by atoms with E-state index in [1.165, 1.54) is 6.26 Å². The fraction of sp³-hybridized carbons (Fsp3) is 0.333. The van der Waals surface area contributed by atoms with Crippen LogP contribution in [0, 0.1) is 13.8 Å². The second-order valence-corrected chi connectivity index (χ2v) is 5.21. The molecular weight excluding hydrogens is 186 g/mol. The number of nitrogens with two attached hydrogens (primary N) is 1. The molecule has 0 heterocycles. The van der Waals surface area contributed by atoms with Gasteiger partial charge in [-0.15, -0.1) is 0 Å². The molecule has 2 N–H and O–H groups in total. The molecule has 0 amide bonds. The molecule has 0 fully saturated rings. The predicted molar refractivity (Wildman–Crippen MR) is 53.4 cm³/mol. The van der Waals surface area contributed by atoms with E-state index in [-0.39, 0.29) is 0 Å². The monoisotopic (exact) mass is 199 g/mol. The van der Waals surface area contributed by atoms with Crippen LogP contribution in [0.1, 0.15) is 11.1 Å². The SMILES string of the molecule is Cc1cc(N)cc(C)c1S(C)(=O)=O. The maximum absolute atomic E-state index is 11.3. The van der Waals surface area contributed by atoms with Crippen molar-refractivity contribution in [3.63, 3.8) is 0 Å². The molecule has 72 valence electrons. The van der Waals surface area contributed by atoms with E-state index >= 15 is 0 Å². The van der Waals surface area contributed by atoms with Crippen molar-refractivity contribution in [2.45, 2.75) is 18.7 Å². The Morgan fingerprint density at radius 1 is 1.15 bits per heavy atom. The van der Waals surface area contributed by atoms with Crippen LogP contribution in [-0.4, -0.2) is 14.7 Å². The summed E-state index contributed by atoms with van der Waals surface area (Å²) in [6.07, 6.45) is 1.21. The van der Waals surface area contributed by atoms with Gasteiger partial charge in [0.2, 0.25) is 0 Å². The van der Waals surface area contributed by atoms with Gasteiger partial charge in [-0.1, -0.05) is 0 Å². The Morgan fingerprint density at radius 2 is 1.54 bits per heavy atom. The van der Waals surface area contributed by atoms with Gasteiger partial charge < -0.3 is 5.73 Å². The van der Waals surface area contributed by atoms with Crippen LogP contribution in [0.3, 0.4) is 0 Å². The van der Waals surface area contributed by atoms with Crippen molar-refractivity contribution in [1.82, 2.24) is 0 Å². The smallest absolute Gasteiger partial charge is 0.176 e. The fourth-order valence-corrected chi connectivity index (χ4v) is 2.86. The summed E-state index contributed by atoms with van der Waals surface area (Å²) in [6, 6.07) is 3.34. The van der Waals surface area contributed by atoms with Crippen LogP contribution in [-0.2, 0) is 9.84 Å². The quantitative estimate of drug-likeness (QED) is 0.693. The van der Waals surface area contributed by atoms with E-state index in [2.05, 4.69) is 0 Å². The molecule has 1 rings (SSSR count). The van der Waals surface area contributed by atoms with Crippen LogP contribution in [0.15, 0.2) is 17.0 Å². The summed E-state index contributed by atoms with van der Waals surface area (Å²) >= 11 is 0. The summed E-state index contributed by atoms with van der Waals surface area (Å²) < 4.78 is 22.7. The molecule has 0 unspecified atom stereocenters. The van der Waals surface area contributed by atoms with Crippen LogP contribution in [0.4, 0.5) is 5.69 Å². The lowest BCUT2D eigenvalue weighted by Gasteiger charge is -2.08. The second kappa shape index (κ2) is 3.03. The van der Waals surface area contributed by atoms with Crippen LogP contribution in [0.5, 0.6) is 0 Å². The first-order chi connectivity index (χ1) is 5.82. The molecule has 4 heteroatoms. The highest BCUT2D eigenvalue weighted by molar-refractivity contribution is 7.90. The Bertz CT molecular complexity index is 412. The summed E-state index contributed by atoms with van der Waals surface area (Å²) in [4.78, 5) is 0.390. The second-order valence-electron chi connectivity index (χ2n) is 3.26.